The van der Waals surface area contributed by atoms with E-state index in [0.717, 1.165) is 36.8 Å². The molecule has 0 bridgehead atoms. The molecule has 1 amide bonds. The van der Waals surface area contributed by atoms with Crippen molar-refractivity contribution in [1.29, 1.82) is 0 Å². The van der Waals surface area contributed by atoms with Gasteiger partial charge in [-0.25, -0.2) is 8.42 Å². The number of anilines is 1. The van der Waals surface area contributed by atoms with E-state index in [1.165, 1.54) is 16.4 Å². The van der Waals surface area contributed by atoms with Crippen molar-refractivity contribution in [1.82, 2.24) is 5.32 Å². The minimum Gasteiger partial charge on any atom is -0.353 e. The summed E-state index contributed by atoms with van der Waals surface area (Å²) < 4.78 is 28.2. The van der Waals surface area contributed by atoms with Crippen LogP contribution in [0.3, 0.4) is 0 Å². The molecule has 0 atom stereocenters. The van der Waals surface area contributed by atoms with Gasteiger partial charge in [-0.3, -0.25) is 9.10 Å². The smallest absolute Gasteiger partial charge is 0.264 e. The first kappa shape index (κ1) is 23.6. The zero-order valence-electron chi connectivity index (χ0n) is 18.4. The zero-order chi connectivity index (χ0) is 22.6. The number of rotatable bonds is 7. The zero-order valence-corrected chi connectivity index (χ0v) is 20.0. The number of nitrogens with one attached hydrogen (secondary N) is 1. The lowest BCUT2D eigenvalue weighted by molar-refractivity contribution is -0.121. The SMILES string of the molecule is Cc1cc(C)cc(N(CCC(=O)NC2CCC(C)CC2)S(=O)(=O)c2ccc(Cl)cc2)c1. The first-order valence-electron chi connectivity index (χ1n) is 10.8. The Morgan fingerprint density at radius 2 is 1.61 bits per heavy atom. The number of carbonyl (C=O) groups excluding carboxylic acids is 1. The molecule has 1 N–H and O–H groups in total. The summed E-state index contributed by atoms with van der Waals surface area (Å²) in [5.41, 5.74) is 2.49. The van der Waals surface area contributed by atoms with Crippen molar-refractivity contribution in [3.8, 4) is 0 Å². The Kier molecular flexibility index (Phi) is 7.65. The van der Waals surface area contributed by atoms with Crippen LogP contribution in [-0.2, 0) is 14.8 Å². The Hall–Kier alpha value is -2.05. The lowest BCUT2D eigenvalue weighted by atomic mass is 9.87. The van der Waals surface area contributed by atoms with E-state index in [1.54, 1.807) is 12.1 Å². The Bertz CT molecular complexity index is 993. The van der Waals surface area contributed by atoms with Crippen LogP contribution in [0.25, 0.3) is 0 Å². The number of hydrogen-bond acceptors (Lipinski definition) is 3. The van der Waals surface area contributed by atoms with Crippen molar-refractivity contribution in [2.75, 3.05) is 10.8 Å². The molecule has 0 aliphatic heterocycles. The Morgan fingerprint density at radius 3 is 2.19 bits per heavy atom. The molecule has 0 spiro atoms. The average molecular weight is 463 g/mol. The van der Waals surface area contributed by atoms with Crippen LogP contribution in [0.1, 0.15) is 50.2 Å². The summed E-state index contributed by atoms with van der Waals surface area (Å²) in [4.78, 5) is 12.8. The van der Waals surface area contributed by atoms with Crippen molar-refractivity contribution >= 4 is 33.2 Å². The van der Waals surface area contributed by atoms with Gasteiger partial charge in [0.1, 0.15) is 0 Å². The number of amides is 1. The summed E-state index contributed by atoms with van der Waals surface area (Å²) in [5, 5.41) is 3.56. The molecule has 0 unspecified atom stereocenters. The van der Waals surface area contributed by atoms with Crippen molar-refractivity contribution in [2.24, 2.45) is 5.92 Å². The quantitative estimate of drug-likeness (QED) is 0.612. The van der Waals surface area contributed by atoms with E-state index in [2.05, 4.69) is 12.2 Å². The highest BCUT2D eigenvalue weighted by Gasteiger charge is 2.27. The third kappa shape index (κ3) is 6.23. The van der Waals surface area contributed by atoms with Gasteiger partial charge in [0.25, 0.3) is 10.0 Å². The molecular weight excluding hydrogens is 432 g/mol. The third-order valence-corrected chi connectivity index (χ3v) is 7.91. The average Bonchev–Trinajstić information content (AvgIpc) is 2.69. The van der Waals surface area contributed by atoms with Crippen LogP contribution < -0.4 is 9.62 Å². The maximum atomic E-state index is 13.5. The Labute approximate surface area is 190 Å². The molecule has 0 heterocycles. The molecule has 31 heavy (non-hydrogen) atoms. The van der Waals surface area contributed by atoms with Crippen LogP contribution in [0.15, 0.2) is 47.4 Å². The summed E-state index contributed by atoms with van der Waals surface area (Å²) in [6, 6.07) is 12.0. The van der Waals surface area contributed by atoms with Gasteiger partial charge in [0.15, 0.2) is 0 Å². The maximum absolute atomic E-state index is 13.5. The van der Waals surface area contributed by atoms with E-state index in [4.69, 9.17) is 11.6 Å². The van der Waals surface area contributed by atoms with Gasteiger partial charge in [0, 0.05) is 24.0 Å². The third-order valence-electron chi connectivity index (χ3n) is 5.82. The molecule has 0 aromatic heterocycles. The molecule has 1 saturated carbocycles. The standard InChI is InChI=1S/C24H31ClN2O3S/c1-17-4-8-21(9-5-17)26-24(28)12-13-27(22-15-18(2)14-19(3)16-22)31(29,30)23-10-6-20(25)7-11-23/h6-7,10-11,14-17,21H,4-5,8-9,12-13H2,1-3H3,(H,26,28). The number of sulfonamides is 1. The fourth-order valence-corrected chi connectivity index (χ4v) is 5.70. The molecule has 1 aliphatic rings. The predicted molar refractivity (Wildman–Crippen MR) is 126 cm³/mol. The second-order valence-electron chi connectivity index (χ2n) is 8.65. The molecule has 2 aromatic carbocycles. The number of halogens is 1. The summed E-state index contributed by atoms with van der Waals surface area (Å²) >= 11 is 5.94. The van der Waals surface area contributed by atoms with Crippen molar-refractivity contribution in [2.45, 2.75) is 63.8 Å². The van der Waals surface area contributed by atoms with Crippen LogP contribution in [0.4, 0.5) is 5.69 Å². The molecule has 7 heteroatoms. The molecule has 0 saturated heterocycles. The van der Waals surface area contributed by atoms with E-state index >= 15 is 0 Å². The molecule has 1 aliphatic carbocycles. The highest BCUT2D eigenvalue weighted by Crippen LogP contribution is 2.27. The van der Waals surface area contributed by atoms with Crippen molar-refractivity contribution < 1.29 is 13.2 Å². The van der Waals surface area contributed by atoms with E-state index < -0.39 is 10.0 Å². The van der Waals surface area contributed by atoms with Gasteiger partial charge in [0.05, 0.1) is 10.6 Å². The normalized spacial score (nSPS) is 19.1. The minimum absolute atomic E-state index is 0.0722. The number of aryl methyl sites for hydroxylation is 2. The minimum atomic E-state index is -3.85. The molecule has 2 aromatic rings. The van der Waals surface area contributed by atoms with E-state index in [-0.39, 0.29) is 29.8 Å². The largest absolute Gasteiger partial charge is 0.353 e. The molecule has 168 valence electrons. The van der Waals surface area contributed by atoms with E-state index in [0.29, 0.717) is 16.6 Å². The summed E-state index contributed by atoms with van der Waals surface area (Å²) in [6.07, 6.45) is 4.30. The lowest BCUT2D eigenvalue weighted by Crippen LogP contribution is -2.40. The predicted octanol–water partition coefficient (Wildman–Crippen LogP) is 5.24. The van der Waals surface area contributed by atoms with Gasteiger partial charge in [-0.2, -0.15) is 0 Å². The first-order valence-corrected chi connectivity index (χ1v) is 12.6. The van der Waals surface area contributed by atoms with Gasteiger partial charge in [-0.05, 0) is 93.0 Å². The highest BCUT2D eigenvalue weighted by molar-refractivity contribution is 7.92. The topological polar surface area (TPSA) is 66.5 Å². The lowest BCUT2D eigenvalue weighted by Gasteiger charge is -2.28. The molecule has 5 nitrogen and oxygen atoms in total. The molecule has 1 fully saturated rings. The van der Waals surface area contributed by atoms with Crippen LogP contribution in [0, 0.1) is 19.8 Å². The van der Waals surface area contributed by atoms with Crippen molar-refractivity contribution in [3.05, 3.63) is 58.6 Å². The second-order valence-corrected chi connectivity index (χ2v) is 11.0. The van der Waals surface area contributed by atoms with Crippen LogP contribution in [0.5, 0.6) is 0 Å². The van der Waals surface area contributed by atoms with Gasteiger partial charge in [-0.15, -0.1) is 0 Å². The monoisotopic (exact) mass is 462 g/mol. The molecule has 3 rings (SSSR count). The number of carbonyl (C=O) groups is 1. The van der Waals surface area contributed by atoms with Gasteiger partial charge < -0.3 is 5.32 Å². The number of benzene rings is 2. The number of hydrogen-bond donors (Lipinski definition) is 1. The van der Waals surface area contributed by atoms with Crippen molar-refractivity contribution in [3.63, 3.8) is 0 Å². The van der Waals surface area contributed by atoms with Gasteiger partial charge in [0.2, 0.25) is 5.91 Å². The fraction of sp³-hybridized carbons (Fsp3) is 0.458. The first-order chi connectivity index (χ1) is 14.6. The summed E-state index contributed by atoms with van der Waals surface area (Å²) in [6.45, 7) is 6.17. The Balaban J connectivity index is 1.81. The molecule has 0 radical (unpaired) electrons. The Morgan fingerprint density at radius 1 is 1.03 bits per heavy atom. The number of nitrogens with zero attached hydrogens (tertiary/aromatic N) is 1. The van der Waals surface area contributed by atoms with Gasteiger partial charge >= 0.3 is 0 Å². The molecular formula is C24H31ClN2O3S. The summed E-state index contributed by atoms with van der Waals surface area (Å²) in [5.74, 6) is 0.595. The van der Waals surface area contributed by atoms with Crippen LogP contribution in [-0.4, -0.2) is 26.9 Å². The fourth-order valence-electron chi connectivity index (χ4n) is 4.12. The van der Waals surface area contributed by atoms with Gasteiger partial charge in [-0.1, -0.05) is 24.6 Å². The maximum Gasteiger partial charge on any atom is 0.264 e. The summed E-state index contributed by atoms with van der Waals surface area (Å²) in [7, 11) is -3.85. The van der Waals surface area contributed by atoms with E-state index in [1.807, 2.05) is 32.0 Å². The van der Waals surface area contributed by atoms with E-state index in [9.17, 15) is 13.2 Å². The second kappa shape index (κ2) is 10.0. The van der Waals surface area contributed by atoms with Crippen LogP contribution >= 0.6 is 11.6 Å². The van der Waals surface area contributed by atoms with Crippen LogP contribution in [0.2, 0.25) is 5.02 Å². The highest BCUT2D eigenvalue weighted by atomic mass is 35.5.